The molecular formula is C14H22N2. The second kappa shape index (κ2) is 6.06. The molecule has 2 aliphatic rings. The van der Waals surface area contributed by atoms with Gasteiger partial charge in [0.05, 0.1) is 12.0 Å². The first-order valence-electron chi connectivity index (χ1n) is 6.71. The predicted molar refractivity (Wildman–Crippen MR) is 65.9 cm³/mol. The van der Waals surface area contributed by atoms with Crippen molar-refractivity contribution in [2.75, 3.05) is 6.54 Å². The molecule has 0 aliphatic heterocycles. The minimum absolute atomic E-state index is 0.264. The van der Waals surface area contributed by atoms with Crippen LogP contribution in [0.2, 0.25) is 0 Å². The van der Waals surface area contributed by atoms with Crippen molar-refractivity contribution in [1.82, 2.24) is 5.32 Å². The Balaban J connectivity index is 1.67. The summed E-state index contributed by atoms with van der Waals surface area (Å²) in [5.74, 6) is 0.264. The zero-order valence-corrected chi connectivity index (χ0v) is 10.0. The normalized spacial score (nSPS) is 29.8. The lowest BCUT2D eigenvalue weighted by atomic mass is 9.97. The molecule has 0 spiro atoms. The van der Waals surface area contributed by atoms with E-state index in [-0.39, 0.29) is 5.92 Å². The maximum atomic E-state index is 8.98. The Hall–Kier alpha value is -0.810. The highest BCUT2D eigenvalue weighted by molar-refractivity contribution is 5.05. The number of nitriles is 1. The van der Waals surface area contributed by atoms with Crippen LogP contribution < -0.4 is 5.32 Å². The van der Waals surface area contributed by atoms with Gasteiger partial charge in [0, 0.05) is 6.04 Å². The van der Waals surface area contributed by atoms with Crippen LogP contribution in [0.1, 0.15) is 51.4 Å². The number of hydrogen-bond acceptors (Lipinski definition) is 2. The maximum absolute atomic E-state index is 8.98. The van der Waals surface area contributed by atoms with Crippen molar-refractivity contribution in [3.8, 4) is 6.07 Å². The first kappa shape index (κ1) is 11.7. The zero-order chi connectivity index (χ0) is 11.2. The van der Waals surface area contributed by atoms with Crippen LogP contribution in [0.15, 0.2) is 11.6 Å². The molecule has 1 fully saturated rings. The summed E-state index contributed by atoms with van der Waals surface area (Å²) in [5, 5.41) is 12.5. The topological polar surface area (TPSA) is 35.8 Å². The second-order valence-electron chi connectivity index (χ2n) is 5.09. The molecular weight excluding hydrogens is 196 g/mol. The third kappa shape index (κ3) is 3.09. The molecule has 0 amide bonds. The molecule has 0 radical (unpaired) electrons. The summed E-state index contributed by atoms with van der Waals surface area (Å²) >= 11 is 0. The smallest absolute Gasteiger partial charge is 0.0672 e. The van der Waals surface area contributed by atoms with Crippen LogP contribution in [0.25, 0.3) is 0 Å². The molecule has 0 saturated heterocycles. The van der Waals surface area contributed by atoms with E-state index in [4.69, 9.17) is 5.26 Å². The lowest BCUT2D eigenvalue weighted by Crippen LogP contribution is -2.32. The van der Waals surface area contributed by atoms with Gasteiger partial charge in [-0.15, -0.1) is 0 Å². The van der Waals surface area contributed by atoms with Crippen molar-refractivity contribution in [3.63, 3.8) is 0 Å². The summed E-state index contributed by atoms with van der Waals surface area (Å²) in [5.41, 5.74) is 1.63. The summed E-state index contributed by atoms with van der Waals surface area (Å²) in [6.07, 6.45) is 12.4. The van der Waals surface area contributed by atoms with Crippen molar-refractivity contribution in [1.29, 1.82) is 5.26 Å². The van der Waals surface area contributed by atoms with Crippen LogP contribution in [-0.4, -0.2) is 12.6 Å². The van der Waals surface area contributed by atoms with E-state index >= 15 is 0 Å². The Kier molecular flexibility index (Phi) is 4.42. The van der Waals surface area contributed by atoms with Gasteiger partial charge in [-0.3, -0.25) is 0 Å². The molecule has 88 valence electrons. The van der Waals surface area contributed by atoms with Gasteiger partial charge in [-0.05, 0) is 51.5 Å². The molecule has 2 atom stereocenters. The summed E-state index contributed by atoms with van der Waals surface area (Å²) < 4.78 is 0. The van der Waals surface area contributed by atoms with Gasteiger partial charge < -0.3 is 5.32 Å². The number of nitrogens with one attached hydrogen (secondary N) is 1. The van der Waals surface area contributed by atoms with Gasteiger partial charge in [-0.2, -0.15) is 5.26 Å². The Morgan fingerprint density at radius 1 is 1.31 bits per heavy atom. The molecule has 1 N–H and O–H groups in total. The van der Waals surface area contributed by atoms with Crippen LogP contribution in [-0.2, 0) is 0 Å². The molecule has 1 saturated carbocycles. The highest BCUT2D eigenvalue weighted by Gasteiger charge is 2.26. The minimum atomic E-state index is 0.264. The van der Waals surface area contributed by atoms with Gasteiger partial charge in [0.25, 0.3) is 0 Å². The van der Waals surface area contributed by atoms with Crippen LogP contribution in [0.3, 0.4) is 0 Å². The quantitative estimate of drug-likeness (QED) is 0.736. The molecule has 0 aromatic carbocycles. The average Bonchev–Trinajstić information content (AvgIpc) is 2.78. The molecule has 0 bridgehead atoms. The molecule has 16 heavy (non-hydrogen) atoms. The Labute approximate surface area is 98.7 Å². The van der Waals surface area contributed by atoms with Gasteiger partial charge in [0.15, 0.2) is 0 Å². The highest BCUT2D eigenvalue weighted by Crippen LogP contribution is 2.25. The van der Waals surface area contributed by atoms with E-state index in [0.29, 0.717) is 6.04 Å². The third-order valence-corrected chi connectivity index (χ3v) is 3.92. The van der Waals surface area contributed by atoms with E-state index in [1.54, 1.807) is 5.57 Å². The van der Waals surface area contributed by atoms with E-state index in [1.165, 1.54) is 44.9 Å². The summed E-state index contributed by atoms with van der Waals surface area (Å²) in [4.78, 5) is 0. The fraction of sp³-hybridized carbons (Fsp3) is 0.786. The van der Waals surface area contributed by atoms with E-state index in [9.17, 15) is 0 Å². The monoisotopic (exact) mass is 218 g/mol. The van der Waals surface area contributed by atoms with Crippen LogP contribution in [0, 0.1) is 17.2 Å². The van der Waals surface area contributed by atoms with E-state index in [1.807, 2.05) is 0 Å². The Morgan fingerprint density at radius 2 is 2.25 bits per heavy atom. The van der Waals surface area contributed by atoms with Crippen LogP contribution in [0.5, 0.6) is 0 Å². The molecule has 0 aromatic rings. The average molecular weight is 218 g/mol. The number of nitrogens with zero attached hydrogens (tertiary/aromatic N) is 1. The fourth-order valence-electron chi connectivity index (χ4n) is 2.91. The number of rotatable bonds is 4. The van der Waals surface area contributed by atoms with Crippen molar-refractivity contribution < 1.29 is 0 Å². The molecule has 0 heterocycles. The van der Waals surface area contributed by atoms with Crippen molar-refractivity contribution in [2.45, 2.75) is 57.4 Å². The Bertz CT molecular complexity index is 288. The largest absolute Gasteiger partial charge is 0.312 e. The summed E-state index contributed by atoms with van der Waals surface area (Å²) in [7, 11) is 0. The maximum Gasteiger partial charge on any atom is 0.0672 e. The molecule has 2 nitrogen and oxygen atoms in total. The Morgan fingerprint density at radius 3 is 3.00 bits per heavy atom. The van der Waals surface area contributed by atoms with Gasteiger partial charge in [0.1, 0.15) is 0 Å². The lowest BCUT2D eigenvalue weighted by Gasteiger charge is -2.17. The third-order valence-electron chi connectivity index (χ3n) is 3.92. The molecule has 0 aromatic heterocycles. The standard InChI is InChI=1S/C14H22N2/c15-11-13-7-4-8-14(13)16-10-9-12-5-2-1-3-6-12/h5,13-14,16H,1-4,6-10H2. The minimum Gasteiger partial charge on any atom is -0.312 e. The van der Waals surface area contributed by atoms with Gasteiger partial charge >= 0.3 is 0 Å². The SMILES string of the molecule is N#CC1CCCC1NCCC1=CCCCC1. The first-order chi connectivity index (χ1) is 7.90. The first-order valence-corrected chi connectivity index (χ1v) is 6.71. The second-order valence-corrected chi connectivity index (χ2v) is 5.09. The van der Waals surface area contributed by atoms with Gasteiger partial charge in [0.2, 0.25) is 0 Å². The zero-order valence-electron chi connectivity index (χ0n) is 10.0. The van der Waals surface area contributed by atoms with Crippen molar-refractivity contribution in [2.24, 2.45) is 5.92 Å². The molecule has 2 heteroatoms. The van der Waals surface area contributed by atoms with E-state index in [0.717, 1.165) is 13.0 Å². The van der Waals surface area contributed by atoms with E-state index < -0.39 is 0 Å². The van der Waals surface area contributed by atoms with Crippen LogP contribution in [0.4, 0.5) is 0 Å². The van der Waals surface area contributed by atoms with E-state index in [2.05, 4.69) is 17.5 Å². The summed E-state index contributed by atoms with van der Waals surface area (Å²) in [6.45, 7) is 1.06. The molecule has 2 rings (SSSR count). The summed E-state index contributed by atoms with van der Waals surface area (Å²) in [6, 6.07) is 2.89. The molecule has 2 unspecified atom stereocenters. The number of hydrogen-bond donors (Lipinski definition) is 1. The van der Waals surface area contributed by atoms with Crippen molar-refractivity contribution in [3.05, 3.63) is 11.6 Å². The van der Waals surface area contributed by atoms with Crippen LogP contribution >= 0.6 is 0 Å². The fourth-order valence-corrected chi connectivity index (χ4v) is 2.91. The van der Waals surface area contributed by atoms with Crippen molar-refractivity contribution >= 4 is 0 Å². The predicted octanol–water partition coefficient (Wildman–Crippen LogP) is 3.16. The highest BCUT2D eigenvalue weighted by atomic mass is 14.9. The molecule has 2 aliphatic carbocycles. The lowest BCUT2D eigenvalue weighted by molar-refractivity contribution is 0.465. The van der Waals surface area contributed by atoms with Gasteiger partial charge in [-0.25, -0.2) is 0 Å². The van der Waals surface area contributed by atoms with Gasteiger partial charge in [-0.1, -0.05) is 18.1 Å². The number of allylic oxidation sites excluding steroid dienone is 1.